The van der Waals surface area contributed by atoms with Gasteiger partial charge in [0.05, 0.1) is 13.0 Å². The first-order valence-corrected chi connectivity index (χ1v) is 9.90. The van der Waals surface area contributed by atoms with Crippen molar-refractivity contribution in [3.63, 3.8) is 0 Å². The van der Waals surface area contributed by atoms with Crippen LogP contribution in [0.5, 0.6) is 0 Å². The summed E-state index contributed by atoms with van der Waals surface area (Å²) in [5, 5.41) is 0. The van der Waals surface area contributed by atoms with Gasteiger partial charge in [0, 0.05) is 38.3 Å². The molecule has 2 rings (SSSR count). The molecule has 0 bridgehead atoms. The molecular weight excluding hydrogens is 356 g/mol. The van der Waals surface area contributed by atoms with Gasteiger partial charge in [0.1, 0.15) is 0 Å². The van der Waals surface area contributed by atoms with Gasteiger partial charge >= 0.3 is 5.97 Å². The summed E-state index contributed by atoms with van der Waals surface area (Å²) in [7, 11) is 3.95. The monoisotopic (exact) mass is 386 g/mol. The van der Waals surface area contributed by atoms with Gasteiger partial charge in [-0.05, 0) is 43.5 Å². The quantitative estimate of drug-likeness (QED) is 0.267. The van der Waals surface area contributed by atoms with Gasteiger partial charge in [-0.15, -0.1) is 0 Å². The maximum absolute atomic E-state index is 12.5. The van der Waals surface area contributed by atoms with Crippen molar-refractivity contribution in [2.45, 2.75) is 45.4 Å². The maximum atomic E-state index is 12.5. The van der Waals surface area contributed by atoms with Gasteiger partial charge in [-0.2, -0.15) is 0 Å². The van der Waals surface area contributed by atoms with Crippen LogP contribution in [0.4, 0.5) is 5.69 Å². The smallest absolute Gasteiger partial charge is 0.305 e. The second kappa shape index (κ2) is 10.6. The van der Waals surface area contributed by atoms with Crippen LogP contribution in [0.2, 0.25) is 0 Å². The molecule has 0 saturated carbocycles. The topological polar surface area (TPSA) is 66.9 Å². The molecule has 1 aliphatic rings. The van der Waals surface area contributed by atoms with Gasteiger partial charge in [0.15, 0.2) is 0 Å². The molecule has 6 heteroatoms. The third-order valence-electron chi connectivity index (χ3n) is 4.73. The molecule has 1 aromatic carbocycles. The second-order valence-corrected chi connectivity index (χ2v) is 7.15. The number of likely N-dealkylation sites (tertiary alicyclic amines) is 1. The van der Waals surface area contributed by atoms with Crippen LogP contribution >= 0.6 is 0 Å². The van der Waals surface area contributed by atoms with Crippen LogP contribution in [0, 0.1) is 0 Å². The van der Waals surface area contributed by atoms with Crippen molar-refractivity contribution >= 4 is 29.5 Å². The Bertz CT molecular complexity index is 723. The third-order valence-corrected chi connectivity index (χ3v) is 4.73. The van der Waals surface area contributed by atoms with E-state index in [1.54, 1.807) is 13.0 Å². The van der Waals surface area contributed by atoms with Crippen LogP contribution in [0.15, 0.2) is 29.8 Å². The highest BCUT2D eigenvalue weighted by molar-refractivity contribution is 6.15. The molecule has 1 fully saturated rings. The van der Waals surface area contributed by atoms with Crippen LogP contribution in [0.1, 0.15) is 51.0 Å². The van der Waals surface area contributed by atoms with E-state index in [4.69, 9.17) is 4.74 Å². The third kappa shape index (κ3) is 6.22. The Kier molecular flexibility index (Phi) is 8.23. The molecule has 152 valence electrons. The number of imide groups is 1. The number of hydrogen-bond donors (Lipinski definition) is 0. The zero-order valence-electron chi connectivity index (χ0n) is 17.1. The molecule has 1 aromatic rings. The summed E-state index contributed by atoms with van der Waals surface area (Å²) < 4.78 is 4.89. The Morgan fingerprint density at radius 1 is 1.11 bits per heavy atom. The molecule has 0 spiro atoms. The number of nitrogens with zero attached hydrogens (tertiary/aromatic N) is 2. The predicted octanol–water partition coefficient (Wildman–Crippen LogP) is 3.41. The van der Waals surface area contributed by atoms with E-state index in [1.807, 2.05) is 43.3 Å². The summed E-state index contributed by atoms with van der Waals surface area (Å²) in [6, 6.07) is 7.88. The van der Waals surface area contributed by atoms with Gasteiger partial charge in [0.2, 0.25) is 5.91 Å². The highest BCUT2D eigenvalue weighted by atomic mass is 16.5. The average Bonchev–Trinajstić information content (AvgIpc) is 2.92. The Labute approximate surface area is 167 Å². The van der Waals surface area contributed by atoms with Crippen molar-refractivity contribution in [1.29, 1.82) is 0 Å². The van der Waals surface area contributed by atoms with E-state index >= 15 is 0 Å². The second-order valence-electron chi connectivity index (χ2n) is 7.15. The zero-order valence-corrected chi connectivity index (χ0v) is 17.1. The minimum Gasteiger partial charge on any atom is -0.466 e. The molecule has 0 N–H and O–H groups in total. The lowest BCUT2D eigenvalue weighted by Crippen LogP contribution is -2.30. The number of benzene rings is 1. The maximum Gasteiger partial charge on any atom is 0.305 e. The fraction of sp³-hybridized carbons (Fsp3) is 0.500. The summed E-state index contributed by atoms with van der Waals surface area (Å²) >= 11 is 0. The lowest BCUT2D eigenvalue weighted by atomic mass is 10.1. The molecule has 0 aromatic heterocycles. The normalized spacial score (nSPS) is 15.4. The van der Waals surface area contributed by atoms with Crippen LogP contribution in [-0.4, -0.2) is 49.9 Å². The van der Waals surface area contributed by atoms with E-state index < -0.39 is 0 Å². The first-order chi connectivity index (χ1) is 13.4. The molecule has 2 amide bonds. The molecule has 1 saturated heterocycles. The zero-order chi connectivity index (χ0) is 20.5. The van der Waals surface area contributed by atoms with Crippen LogP contribution in [0.25, 0.3) is 6.08 Å². The van der Waals surface area contributed by atoms with E-state index in [1.165, 1.54) is 4.90 Å². The molecule has 0 atom stereocenters. The van der Waals surface area contributed by atoms with E-state index in [0.717, 1.165) is 36.9 Å². The Morgan fingerprint density at radius 3 is 2.43 bits per heavy atom. The highest BCUT2D eigenvalue weighted by Gasteiger charge is 2.33. The minimum atomic E-state index is -0.187. The number of rotatable bonds is 10. The summed E-state index contributed by atoms with van der Waals surface area (Å²) in [6.45, 7) is 2.64. The summed E-state index contributed by atoms with van der Waals surface area (Å²) in [6.07, 6.45) is 5.68. The minimum absolute atomic E-state index is 0.132. The number of hydrogen-bond acceptors (Lipinski definition) is 5. The SMILES string of the molecule is CCOC(=O)CCCCCCN1C(=O)C/C(=C\c2ccc(N(C)C)cc2)C1=O. The van der Waals surface area contributed by atoms with E-state index in [2.05, 4.69) is 0 Å². The molecule has 0 radical (unpaired) electrons. The van der Waals surface area contributed by atoms with E-state index in [0.29, 0.717) is 25.1 Å². The highest BCUT2D eigenvalue weighted by Crippen LogP contribution is 2.23. The van der Waals surface area contributed by atoms with Crippen molar-refractivity contribution in [3.8, 4) is 0 Å². The molecular formula is C22H30N2O4. The summed E-state index contributed by atoms with van der Waals surface area (Å²) in [4.78, 5) is 39.4. The molecule has 28 heavy (non-hydrogen) atoms. The van der Waals surface area contributed by atoms with Gasteiger partial charge in [-0.3, -0.25) is 19.3 Å². The Balaban J connectivity index is 1.80. The number of unbranched alkanes of at least 4 members (excludes halogenated alkanes) is 3. The van der Waals surface area contributed by atoms with Crippen molar-refractivity contribution in [2.75, 3.05) is 32.1 Å². The van der Waals surface area contributed by atoms with Crippen LogP contribution < -0.4 is 4.90 Å². The van der Waals surface area contributed by atoms with E-state index in [9.17, 15) is 14.4 Å². The molecule has 1 aliphatic heterocycles. The summed E-state index contributed by atoms with van der Waals surface area (Å²) in [5.41, 5.74) is 2.55. The van der Waals surface area contributed by atoms with Crippen molar-refractivity contribution < 1.29 is 19.1 Å². The van der Waals surface area contributed by atoms with Crippen molar-refractivity contribution in [3.05, 3.63) is 35.4 Å². The van der Waals surface area contributed by atoms with Gasteiger partial charge < -0.3 is 9.64 Å². The number of ether oxygens (including phenoxy) is 1. The Hall–Kier alpha value is -2.63. The Morgan fingerprint density at radius 2 is 1.79 bits per heavy atom. The predicted molar refractivity (Wildman–Crippen MR) is 110 cm³/mol. The number of amides is 2. The number of anilines is 1. The van der Waals surface area contributed by atoms with Crippen LogP contribution in [0.3, 0.4) is 0 Å². The first-order valence-electron chi connectivity index (χ1n) is 9.90. The van der Waals surface area contributed by atoms with Gasteiger partial charge in [-0.25, -0.2) is 0 Å². The largest absolute Gasteiger partial charge is 0.466 e. The van der Waals surface area contributed by atoms with Crippen LogP contribution in [-0.2, 0) is 19.1 Å². The molecule has 0 aliphatic carbocycles. The lowest BCUT2D eigenvalue weighted by molar-refractivity contribution is -0.143. The lowest BCUT2D eigenvalue weighted by Gasteiger charge is -2.13. The number of esters is 1. The van der Waals surface area contributed by atoms with E-state index in [-0.39, 0.29) is 24.2 Å². The molecule has 6 nitrogen and oxygen atoms in total. The van der Waals surface area contributed by atoms with Gasteiger partial charge in [0.25, 0.3) is 5.91 Å². The first kappa shape index (κ1) is 21.7. The fourth-order valence-corrected chi connectivity index (χ4v) is 3.16. The fourth-order valence-electron chi connectivity index (χ4n) is 3.16. The number of carbonyl (C=O) groups excluding carboxylic acids is 3. The summed E-state index contributed by atoms with van der Waals surface area (Å²) in [5.74, 6) is -0.485. The average molecular weight is 386 g/mol. The molecule has 0 unspecified atom stereocenters. The number of carbonyl (C=O) groups is 3. The molecule has 1 heterocycles. The van der Waals surface area contributed by atoms with Crippen molar-refractivity contribution in [2.24, 2.45) is 0 Å². The standard InChI is InChI=1S/C22H30N2O4/c1-4-28-21(26)9-7-5-6-8-14-24-20(25)16-18(22(24)27)15-17-10-12-19(13-11-17)23(2)3/h10-13,15H,4-9,14,16H2,1-3H3/b18-15+. The van der Waals surface area contributed by atoms with Gasteiger partial charge in [-0.1, -0.05) is 25.0 Å². The van der Waals surface area contributed by atoms with Crippen molar-refractivity contribution in [1.82, 2.24) is 4.90 Å².